The van der Waals surface area contributed by atoms with Crippen LogP contribution in [0.4, 0.5) is 0 Å². The first-order chi connectivity index (χ1) is 7.02. The molecule has 0 radical (unpaired) electrons. The van der Waals surface area contributed by atoms with Crippen molar-refractivity contribution < 1.29 is 10.0 Å². The molecule has 1 rings (SSSR count). The van der Waals surface area contributed by atoms with E-state index in [1.165, 1.54) is 6.92 Å². The van der Waals surface area contributed by atoms with Crippen LogP contribution in [0.2, 0.25) is 0 Å². The van der Waals surface area contributed by atoms with Gasteiger partial charge in [-0.3, -0.25) is 10.1 Å². The lowest BCUT2D eigenvalue weighted by molar-refractivity contribution is -0.540. The van der Waals surface area contributed by atoms with E-state index in [1.54, 1.807) is 23.5 Å². The minimum atomic E-state index is -1.18. The molecule has 88 valence electrons. The standard InChI is InChI=1S/C9H17NO3S2/c1-3-9(11,7(2)10(12)13)8-14-5-4-6-15-8/h7-8,11H,3-6H2,1-2H3/t7-,9+/m1/s1. The third kappa shape index (κ3) is 2.79. The molecule has 1 N–H and O–H groups in total. The Hall–Kier alpha value is 0.0600. The summed E-state index contributed by atoms with van der Waals surface area (Å²) in [6.45, 7) is 3.31. The number of rotatable bonds is 4. The molecule has 0 aliphatic carbocycles. The quantitative estimate of drug-likeness (QED) is 0.611. The molecule has 0 saturated carbocycles. The topological polar surface area (TPSA) is 63.4 Å². The van der Waals surface area contributed by atoms with Gasteiger partial charge >= 0.3 is 0 Å². The number of thioether (sulfide) groups is 2. The van der Waals surface area contributed by atoms with Gasteiger partial charge in [0.05, 0.1) is 4.58 Å². The number of aliphatic hydroxyl groups is 1. The minimum absolute atomic E-state index is 0.0587. The molecule has 0 spiro atoms. The maximum absolute atomic E-state index is 10.8. The van der Waals surface area contributed by atoms with E-state index >= 15 is 0 Å². The van der Waals surface area contributed by atoms with Crippen molar-refractivity contribution in [3.8, 4) is 0 Å². The van der Waals surface area contributed by atoms with E-state index in [0.29, 0.717) is 6.42 Å². The van der Waals surface area contributed by atoms with Crippen molar-refractivity contribution in [2.75, 3.05) is 11.5 Å². The lowest BCUT2D eigenvalue weighted by Gasteiger charge is -2.36. The Morgan fingerprint density at radius 2 is 2.13 bits per heavy atom. The summed E-state index contributed by atoms with van der Waals surface area (Å²) in [6, 6.07) is -0.898. The van der Waals surface area contributed by atoms with Gasteiger partial charge in [-0.15, -0.1) is 23.5 Å². The second-order valence-corrected chi connectivity index (χ2v) is 6.46. The lowest BCUT2D eigenvalue weighted by Crippen LogP contribution is -2.51. The molecule has 1 aliphatic heterocycles. The number of hydrogen-bond acceptors (Lipinski definition) is 5. The van der Waals surface area contributed by atoms with Gasteiger partial charge in [0.2, 0.25) is 6.04 Å². The molecule has 1 fully saturated rings. The maximum atomic E-state index is 10.8. The smallest absolute Gasteiger partial charge is 0.240 e. The summed E-state index contributed by atoms with van der Waals surface area (Å²) in [7, 11) is 0. The van der Waals surface area contributed by atoms with Gasteiger partial charge in [0.25, 0.3) is 0 Å². The van der Waals surface area contributed by atoms with Crippen LogP contribution in [-0.2, 0) is 0 Å². The monoisotopic (exact) mass is 251 g/mol. The van der Waals surface area contributed by atoms with Crippen molar-refractivity contribution in [3.63, 3.8) is 0 Å². The Kier molecular flexibility index (Phi) is 4.73. The summed E-state index contributed by atoms with van der Waals surface area (Å²) >= 11 is 3.30. The van der Waals surface area contributed by atoms with Crippen LogP contribution in [0.15, 0.2) is 0 Å². The van der Waals surface area contributed by atoms with Crippen molar-refractivity contribution in [2.45, 2.75) is 42.9 Å². The van der Waals surface area contributed by atoms with Gasteiger partial charge in [-0.1, -0.05) is 6.92 Å². The fraction of sp³-hybridized carbons (Fsp3) is 1.00. The lowest BCUT2D eigenvalue weighted by atomic mass is 9.95. The average molecular weight is 251 g/mol. The van der Waals surface area contributed by atoms with Crippen molar-refractivity contribution in [1.82, 2.24) is 0 Å². The fourth-order valence-electron chi connectivity index (χ4n) is 1.62. The van der Waals surface area contributed by atoms with Gasteiger partial charge in [0.15, 0.2) is 5.60 Å². The first kappa shape index (κ1) is 13.1. The van der Waals surface area contributed by atoms with E-state index in [-0.39, 0.29) is 9.51 Å². The van der Waals surface area contributed by atoms with Crippen molar-refractivity contribution in [1.29, 1.82) is 0 Å². The molecule has 0 bridgehead atoms. The number of nitrogens with zero attached hydrogens (tertiary/aromatic N) is 1. The van der Waals surface area contributed by atoms with E-state index in [1.807, 2.05) is 6.92 Å². The van der Waals surface area contributed by atoms with Crippen molar-refractivity contribution >= 4 is 23.5 Å². The second-order valence-electron chi connectivity index (χ2n) is 3.73. The van der Waals surface area contributed by atoms with E-state index in [0.717, 1.165) is 17.9 Å². The molecular weight excluding hydrogens is 234 g/mol. The molecule has 2 atom stereocenters. The van der Waals surface area contributed by atoms with Crippen molar-refractivity contribution in [2.24, 2.45) is 0 Å². The molecule has 0 aromatic carbocycles. The highest BCUT2D eigenvalue weighted by molar-refractivity contribution is 8.17. The predicted molar refractivity (Wildman–Crippen MR) is 65.0 cm³/mol. The van der Waals surface area contributed by atoms with Crippen LogP contribution in [0, 0.1) is 10.1 Å². The maximum Gasteiger partial charge on any atom is 0.240 e. The normalized spacial score (nSPS) is 24.5. The highest BCUT2D eigenvalue weighted by Crippen LogP contribution is 2.41. The summed E-state index contributed by atoms with van der Waals surface area (Å²) in [6.07, 6.45) is 1.55. The summed E-state index contributed by atoms with van der Waals surface area (Å²) in [5, 5.41) is 21.2. The molecule has 0 amide bonds. The zero-order valence-electron chi connectivity index (χ0n) is 9.01. The summed E-state index contributed by atoms with van der Waals surface area (Å²) < 4.78 is -0.0587. The largest absolute Gasteiger partial charge is 0.381 e. The molecule has 15 heavy (non-hydrogen) atoms. The molecule has 0 unspecified atom stereocenters. The first-order valence-electron chi connectivity index (χ1n) is 5.11. The summed E-state index contributed by atoms with van der Waals surface area (Å²) in [5.74, 6) is 1.98. The van der Waals surface area contributed by atoms with E-state index in [2.05, 4.69) is 0 Å². The van der Waals surface area contributed by atoms with Crippen LogP contribution in [0.5, 0.6) is 0 Å². The molecule has 1 saturated heterocycles. The van der Waals surface area contributed by atoms with Crippen LogP contribution in [0.3, 0.4) is 0 Å². The van der Waals surface area contributed by atoms with E-state index < -0.39 is 11.6 Å². The summed E-state index contributed by atoms with van der Waals surface area (Å²) in [4.78, 5) is 10.4. The third-order valence-corrected chi connectivity index (χ3v) is 6.13. The zero-order chi connectivity index (χ0) is 11.5. The second kappa shape index (κ2) is 5.41. The third-order valence-electron chi connectivity index (χ3n) is 2.84. The van der Waals surface area contributed by atoms with Gasteiger partial charge in [-0.2, -0.15) is 0 Å². The first-order valence-corrected chi connectivity index (χ1v) is 7.21. The Morgan fingerprint density at radius 1 is 1.60 bits per heavy atom. The minimum Gasteiger partial charge on any atom is -0.381 e. The molecule has 6 heteroatoms. The molecule has 0 aromatic heterocycles. The molecular formula is C9H17NO3S2. The zero-order valence-corrected chi connectivity index (χ0v) is 10.6. The van der Waals surface area contributed by atoms with Gasteiger partial charge in [0.1, 0.15) is 0 Å². The van der Waals surface area contributed by atoms with Crippen LogP contribution < -0.4 is 0 Å². The van der Waals surface area contributed by atoms with E-state index in [9.17, 15) is 15.2 Å². The molecule has 1 aliphatic rings. The van der Waals surface area contributed by atoms with Crippen LogP contribution >= 0.6 is 23.5 Å². The van der Waals surface area contributed by atoms with Gasteiger partial charge in [-0.25, -0.2) is 0 Å². The predicted octanol–water partition coefficient (Wildman–Crippen LogP) is 1.99. The molecule has 4 nitrogen and oxygen atoms in total. The summed E-state index contributed by atoms with van der Waals surface area (Å²) in [5.41, 5.74) is -1.18. The Morgan fingerprint density at radius 3 is 2.53 bits per heavy atom. The highest BCUT2D eigenvalue weighted by atomic mass is 32.2. The molecule has 0 aromatic rings. The number of hydrogen-bond donors (Lipinski definition) is 1. The SMILES string of the molecule is CC[C@@](O)(C1SCCCS1)[C@@H](C)[N+](=O)[O-]. The average Bonchev–Trinajstić information content (AvgIpc) is 2.28. The highest BCUT2D eigenvalue weighted by Gasteiger charge is 2.48. The Bertz CT molecular complexity index is 233. The van der Waals surface area contributed by atoms with Crippen LogP contribution in [0.1, 0.15) is 26.7 Å². The Labute approximate surface area is 98.3 Å². The van der Waals surface area contributed by atoms with Crippen LogP contribution in [-0.4, -0.2) is 37.8 Å². The van der Waals surface area contributed by atoms with Gasteiger partial charge in [0, 0.05) is 11.8 Å². The fourth-order valence-corrected chi connectivity index (χ4v) is 5.12. The van der Waals surface area contributed by atoms with Gasteiger partial charge in [-0.05, 0) is 24.3 Å². The number of nitro groups is 1. The molecule has 1 heterocycles. The van der Waals surface area contributed by atoms with Crippen LogP contribution in [0.25, 0.3) is 0 Å². The van der Waals surface area contributed by atoms with E-state index in [4.69, 9.17) is 0 Å². The van der Waals surface area contributed by atoms with Gasteiger partial charge < -0.3 is 5.11 Å². The Balaban J connectivity index is 2.77. The van der Waals surface area contributed by atoms with Crippen molar-refractivity contribution in [3.05, 3.63) is 10.1 Å².